The van der Waals surface area contributed by atoms with Crippen LogP contribution in [0.4, 0.5) is 0 Å². The number of aryl methyl sites for hydroxylation is 1. The van der Waals surface area contributed by atoms with Crippen molar-refractivity contribution in [2.45, 2.75) is 19.5 Å². The Hall–Kier alpha value is -2.67. The van der Waals surface area contributed by atoms with E-state index in [1.807, 2.05) is 37.3 Å². The molecule has 26 heavy (non-hydrogen) atoms. The summed E-state index contributed by atoms with van der Waals surface area (Å²) in [5.41, 5.74) is 2.57. The number of carbonyl (C=O) groups is 2. The van der Waals surface area contributed by atoms with Crippen LogP contribution in [0.3, 0.4) is 0 Å². The summed E-state index contributed by atoms with van der Waals surface area (Å²) in [6, 6.07) is 8.93. The molecule has 1 saturated heterocycles. The lowest BCUT2D eigenvalue weighted by Gasteiger charge is -2.37. The van der Waals surface area contributed by atoms with Crippen LogP contribution in [0.1, 0.15) is 27.7 Å². The summed E-state index contributed by atoms with van der Waals surface area (Å²) in [6.07, 6.45) is 1.69. The summed E-state index contributed by atoms with van der Waals surface area (Å²) in [6.45, 7) is 5.02. The molecule has 0 radical (unpaired) electrons. The molecule has 136 valence electrons. The SMILES string of the molecule is Cc1cccc(C(=O)N2Cc3ccnn3[C@H](C(=O)N3CCOCC3)C2)c1. The van der Waals surface area contributed by atoms with Crippen molar-refractivity contribution >= 4 is 11.8 Å². The van der Waals surface area contributed by atoms with E-state index in [9.17, 15) is 9.59 Å². The zero-order valence-corrected chi connectivity index (χ0v) is 14.8. The Balaban J connectivity index is 1.59. The van der Waals surface area contributed by atoms with Crippen molar-refractivity contribution in [1.82, 2.24) is 19.6 Å². The van der Waals surface area contributed by atoms with Gasteiger partial charge in [-0.05, 0) is 25.1 Å². The molecule has 1 fully saturated rings. The molecule has 4 rings (SSSR count). The average molecular weight is 354 g/mol. The number of hydrogen-bond acceptors (Lipinski definition) is 4. The highest BCUT2D eigenvalue weighted by atomic mass is 16.5. The van der Waals surface area contributed by atoms with Gasteiger partial charge in [0.15, 0.2) is 0 Å². The van der Waals surface area contributed by atoms with Gasteiger partial charge in [0.25, 0.3) is 5.91 Å². The molecule has 2 aliphatic heterocycles. The molecular weight excluding hydrogens is 332 g/mol. The van der Waals surface area contributed by atoms with Gasteiger partial charge in [0.1, 0.15) is 6.04 Å². The van der Waals surface area contributed by atoms with Gasteiger partial charge in [0.2, 0.25) is 5.91 Å². The number of hydrogen-bond donors (Lipinski definition) is 0. The first kappa shape index (κ1) is 16.8. The lowest BCUT2D eigenvalue weighted by atomic mass is 10.1. The lowest BCUT2D eigenvalue weighted by Crippen LogP contribution is -2.50. The minimum atomic E-state index is -0.486. The maximum atomic E-state index is 13.0. The smallest absolute Gasteiger partial charge is 0.254 e. The number of nitrogens with zero attached hydrogens (tertiary/aromatic N) is 4. The molecule has 0 aliphatic carbocycles. The molecule has 0 bridgehead atoms. The minimum Gasteiger partial charge on any atom is -0.378 e. The molecular formula is C19H22N4O3. The van der Waals surface area contributed by atoms with Gasteiger partial charge in [-0.25, -0.2) is 0 Å². The van der Waals surface area contributed by atoms with Crippen LogP contribution in [-0.4, -0.2) is 64.2 Å². The van der Waals surface area contributed by atoms with Crippen molar-refractivity contribution in [1.29, 1.82) is 0 Å². The molecule has 0 spiro atoms. The summed E-state index contributed by atoms with van der Waals surface area (Å²) < 4.78 is 7.10. The zero-order valence-electron chi connectivity index (χ0n) is 14.8. The average Bonchev–Trinajstić information content (AvgIpc) is 3.15. The van der Waals surface area contributed by atoms with Crippen LogP contribution in [0.2, 0.25) is 0 Å². The van der Waals surface area contributed by atoms with E-state index in [0.717, 1.165) is 11.3 Å². The standard InChI is InChI=1S/C19H22N4O3/c1-14-3-2-4-15(11-14)18(24)22-12-16-5-6-20-23(16)17(13-22)19(25)21-7-9-26-10-8-21/h2-6,11,17H,7-10,12-13H2,1H3/t17-/m0/s1. The number of rotatable bonds is 2. The number of morpholine rings is 1. The maximum Gasteiger partial charge on any atom is 0.254 e. The molecule has 1 aromatic heterocycles. The number of ether oxygens (including phenoxy) is 1. The van der Waals surface area contributed by atoms with Crippen molar-refractivity contribution in [3.8, 4) is 0 Å². The molecule has 2 amide bonds. The topological polar surface area (TPSA) is 67.7 Å². The maximum absolute atomic E-state index is 13.0. The van der Waals surface area contributed by atoms with Gasteiger partial charge in [-0.3, -0.25) is 14.3 Å². The van der Waals surface area contributed by atoms with E-state index in [4.69, 9.17) is 4.74 Å². The fourth-order valence-electron chi connectivity index (χ4n) is 3.59. The van der Waals surface area contributed by atoms with Gasteiger partial charge < -0.3 is 14.5 Å². The van der Waals surface area contributed by atoms with E-state index in [1.165, 1.54) is 0 Å². The largest absolute Gasteiger partial charge is 0.378 e. The van der Waals surface area contributed by atoms with Gasteiger partial charge in [-0.1, -0.05) is 17.7 Å². The van der Waals surface area contributed by atoms with Crippen LogP contribution in [0, 0.1) is 6.92 Å². The van der Waals surface area contributed by atoms with E-state index < -0.39 is 6.04 Å². The third-order valence-corrected chi connectivity index (χ3v) is 4.95. The van der Waals surface area contributed by atoms with Crippen molar-refractivity contribution in [3.63, 3.8) is 0 Å². The number of fused-ring (bicyclic) bond motifs is 1. The fourth-order valence-corrected chi connectivity index (χ4v) is 3.59. The highest BCUT2D eigenvalue weighted by molar-refractivity contribution is 5.95. The van der Waals surface area contributed by atoms with Gasteiger partial charge in [-0.15, -0.1) is 0 Å². The van der Waals surface area contributed by atoms with Crippen LogP contribution in [0.25, 0.3) is 0 Å². The molecule has 7 nitrogen and oxygen atoms in total. The minimum absolute atomic E-state index is 0.00000719. The second-order valence-electron chi connectivity index (χ2n) is 6.78. The van der Waals surface area contributed by atoms with Crippen LogP contribution in [-0.2, 0) is 16.1 Å². The molecule has 0 N–H and O–H groups in total. The van der Waals surface area contributed by atoms with E-state index in [1.54, 1.807) is 20.7 Å². The molecule has 1 aromatic carbocycles. The molecule has 1 atom stereocenters. The fraction of sp³-hybridized carbons (Fsp3) is 0.421. The third-order valence-electron chi connectivity index (χ3n) is 4.95. The first-order chi connectivity index (χ1) is 12.6. The summed E-state index contributed by atoms with van der Waals surface area (Å²) in [5.74, 6) is -0.0547. The molecule has 2 aromatic rings. The van der Waals surface area contributed by atoms with Gasteiger partial charge in [-0.2, -0.15) is 5.10 Å². The second kappa shape index (κ2) is 6.92. The lowest BCUT2D eigenvalue weighted by molar-refractivity contribution is -0.140. The molecule has 0 saturated carbocycles. The molecule has 0 unspecified atom stereocenters. The normalized spacial score (nSPS) is 20.0. The Kier molecular flexibility index (Phi) is 4.46. The van der Waals surface area contributed by atoms with Crippen LogP contribution < -0.4 is 0 Å². The number of amides is 2. The molecule has 3 heterocycles. The summed E-state index contributed by atoms with van der Waals surface area (Å²) in [5, 5.41) is 4.33. The second-order valence-corrected chi connectivity index (χ2v) is 6.78. The number of aromatic nitrogens is 2. The van der Waals surface area contributed by atoms with Crippen molar-refractivity contribution in [2.75, 3.05) is 32.8 Å². The van der Waals surface area contributed by atoms with Crippen LogP contribution >= 0.6 is 0 Å². The van der Waals surface area contributed by atoms with Crippen LogP contribution in [0.5, 0.6) is 0 Å². The monoisotopic (exact) mass is 354 g/mol. The third kappa shape index (κ3) is 3.10. The Morgan fingerprint density at radius 2 is 1.96 bits per heavy atom. The van der Waals surface area contributed by atoms with Gasteiger partial charge in [0, 0.05) is 24.8 Å². The van der Waals surface area contributed by atoms with Gasteiger partial charge in [0.05, 0.1) is 32.0 Å². The van der Waals surface area contributed by atoms with Crippen LogP contribution in [0.15, 0.2) is 36.5 Å². The van der Waals surface area contributed by atoms with Crippen molar-refractivity contribution in [2.24, 2.45) is 0 Å². The first-order valence-electron chi connectivity index (χ1n) is 8.88. The predicted octanol–water partition coefficient (Wildman–Crippen LogP) is 1.25. The zero-order chi connectivity index (χ0) is 18.1. The quantitative estimate of drug-likeness (QED) is 0.814. The highest BCUT2D eigenvalue weighted by Crippen LogP contribution is 2.24. The van der Waals surface area contributed by atoms with E-state index in [0.29, 0.717) is 45.0 Å². The Morgan fingerprint density at radius 3 is 2.73 bits per heavy atom. The summed E-state index contributed by atoms with van der Waals surface area (Å²) >= 11 is 0. The Bertz CT molecular complexity index is 826. The van der Waals surface area contributed by atoms with E-state index in [2.05, 4.69) is 5.10 Å². The van der Waals surface area contributed by atoms with Crippen molar-refractivity contribution in [3.05, 3.63) is 53.3 Å². The van der Waals surface area contributed by atoms with Gasteiger partial charge >= 0.3 is 0 Å². The summed E-state index contributed by atoms with van der Waals surface area (Å²) in [4.78, 5) is 29.6. The van der Waals surface area contributed by atoms with E-state index >= 15 is 0 Å². The highest BCUT2D eigenvalue weighted by Gasteiger charge is 2.36. The Labute approximate surface area is 152 Å². The summed E-state index contributed by atoms with van der Waals surface area (Å²) in [7, 11) is 0. The predicted molar refractivity (Wildman–Crippen MR) is 94.6 cm³/mol. The molecule has 7 heteroatoms. The number of carbonyl (C=O) groups excluding carboxylic acids is 2. The van der Waals surface area contributed by atoms with Crippen molar-refractivity contribution < 1.29 is 14.3 Å². The molecule has 2 aliphatic rings. The van der Waals surface area contributed by atoms with E-state index in [-0.39, 0.29) is 11.8 Å². The Morgan fingerprint density at radius 1 is 1.15 bits per heavy atom. The first-order valence-corrected chi connectivity index (χ1v) is 8.88. The number of benzene rings is 1.